The molecule has 39 heavy (non-hydrogen) atoms. The first-order valence-electron chi connectivity index (χ1n) is 13.2. The zero-order valence-corrected chi connectivity index (χ0v) is 21.2. The van der Waals surface area contributed by atoms with Gasteiger partial charge in [-0.2, -0.15) is 0 Å². The van der Waals surface area contributed by atoms with E-state index in [-0.39, 0.29) is 17.9 Å². The van der Waals surface area contributed by atoms with E-state index in [2.05, 4.69) is 22.1 Å². The largest absolute Gasteiger partial charge is 0.390 e. The number of pyridine rings is 1. The number of carbonyl (C=O) groups excluding carboxylic acids is 1. The Morgan fingerprint density at radius 3 is 2.69 bits per heavy atom. The number of benzene rings is 2. The molecule has 9 nitrogen and oxygen atoms in total. The van der Waals surface area contributed by atoms with Crippen molar-refractivity contribution in [1.82, 2.24) is 19.5 Å². The molecule has 0 saturated heterocycles. The van der Waals surface area contributed by atoms with Gasteiger partial charge in [-0.3, -0.25) is 9.78 Å². The highest BCUT2D eigenvalue weighted by molar-refractivity contribution is 6.11. The second kappa shape index (κ2) is 9.14. The van der Waals surface area contributed by atoms with Crippen molar-refractivity contribution in [2.75, 3.05) is 10.6 Å². The average Bonchev–Trinajstić information content (AvgIpc) is 3.61. The van der Waals surface area contributed by atoms with Crippen LogP contribution in [0.2, 0.25) is 0 Å². The lowest BCUT2D eigenvalue weighted by molar-refractivity contribution is 0.00545. The van der Waals surface area contributed by atoms with Crippen molar-refractivity contribution in [3.63, 3.8) is 0 Å². The van der Waals surface area contributed by atoms with Crippen LogP contribution < -0.4 is 10.6 Å². The molecule has 4 N–H and O–H groups in total. The van der Waals surface area contributed by atoms with Gasteiger partial charge in [0.2, 0.25) is 0 Å². The summed E-state index contributed by atoms with van der Waals surface area (Å²) in [6, 6.07) is 19.3. The maximum atomic E-state index is 13.0. The minimum Gasteiger partial charge on any atom is -0.390 e. The van der Waals surface area contributed by atoms with Gasteiger partial charge in [0.25, 0.3) is 5.91 Å². The number of aliphatic hydroxyl groups excluding tert-OH is 2. The van der Waals surface area contributed by atoms with Crippen LogP contribution in [-0.4, -0.2) is 47.8 Å². The number of nitrogens with zero attached hydrogens (tertiary/aromatic N) is 5. The molecule has 196 valence electrons. The first-order chi connectivity index (χ1) is 19.0. The van der Waals surface area contributed by atoms with Gasteiger partial charge in [0, 0.05) is 17.3 Å². The summed E-state index contributed by atoms with van der Waals surface area (Å²) in [7, 11) is 0. The molecule has 0 bridgehead atoms. The van der Waals surface area contributed by atoms with E-state index < -0.39 is 12.2 Å². The van der Waals surface area contributed by atoms with Crippen LogP contribution in [0.3, 0.4) is 0 Å². The number of fused-ring (bicyclic) bond motifs is 3. The Bertz CT molecular complexity index is 1720. The van der Waals surface area contributed by atoms with Crippen molar-refractivity contribution in [2.45, 2.75) is 44.1 Å². The van der Waals surface area contributed by atoms with Crippen molar-refractivity contribution < 1.29 is 15.0 Å². The van der Waals surface area contributed by atoms with Gasteiger partial charge in [0.1, 0.15) is 23.9 Å². The number of hydrogen-bond donors (Lipinski definition) is 3. The summed E-state index contributed by atoms with van der Waals surface area (Å²) >= 11 is 0. The van der Waals surface area contributed by atoms with Crippen LogP contribution >= 0.6 is 0 Å². The molecule has 1 amide bonds. The Morgan fingerprint density at radius 2 is 1.85 bits per heavy atom. The summed E-state index contributed by atoms with van der Waals surface area (Å²) in [6.07, 6.45) is 3.65. The second-order valence-corrected chi connectivity index (χ2v) is 10.5. The first kappa shape index (κ1) is 23.8. The summed E-state index contributed by atoms with van der Waals surface area (Å²) in [5.41, 5.74) is 10.9. The van der Waals surface area contributed by atoms with Crippen molar-refractivity contribution in [1.29, 1.82) is 0 Å². The third-order valence-corrected chi connectivity index (χ3v) is 8.28. The number of nitrogen functional groups attached to an aromatic ring is 1. The number of hydrogen-bond acceptors (Lipinski definition) is 7. The van der Waals surface area contributed by atoms with Gasteiger partial charge in [-0.25, -0.2) is 9.97 Å². The normalized spacial score (nSPS) is 22.7. The summed E-state index contributed by atoms with van der Waals surface area (Å²) in [5.74, 6) is 0.307. The number of aliphatic hydroxyl groups is 2. The lowest BCUT2D eigenvalue weighted by atomic mass is 9.95. The number of para-hydroxylation sites is 1. The maximum Gasteiger partial charge on any atom is 0.260 e. The molecular weight excluding hydrogens is 492 g/mol. The Hall–Kier alpha value is -4.34. The van der Waals surface area contributed by atoms with Gasteiger partial charge in [-0.05, 0) is 61.1 Å². The fourth-order valence-corrected chi connectivity index (χ4v) is 6.17. The van der Waals surface area contributed by atoms with Gasteiger partial charge < -0.3 is 25.4 Å². The fourth-order valence-electron chi connectivity index (χ4n) is 6.17. The summed E-state index contributed by atoms with van der Waals surface area (Å²) in [6.45, 7) is 0.455. The second-order valence-electron chi connectivity index (χ2n) is 10.5. The molecule has 0 radical (unpaired) electrons. The summed E-state index contributed by atoms with van der Waals surface area (Å²) in [4.78, 5) is 28.0. The van der Waals surface area contributed by atoms with E-state index in [1.165, 1.54) is 6.33 Å². The third kappa shape index (κ3) is 3.93. The first-order valence-corrected chi connectivity index (χ1v) is 13.2. The van der Waals surface area contributed by atoms with Crippen LogP contribution in [0, 0.1) is 5.92 Å². The topological polar surface area (TPSA) is 130 Å². The molecule has 1 aliphatic heterocycles. The molecule has 3 aromatic heterocycles. The highest BCUT2D eigenvalue weighted by Gasteiger charge is 2.42. The number of anilines is 2. The molecule has 7 rings (SSSR count). The van der Waals surface area contributed by atoms with Gasteiger partial charge in [-0.1, -0.05) is 30.3 Å². The quantitative estimate of drug-likeness (QED) is 0.323. The number of rotatable bonds is 5. The Kier molecular flexibility index (Phi) is 5.57. The molecule has 4 heterocycles. The van der Waals surface area contributed by atoms with Gasteiger partial charge >= 0.3 is 0 Å². The number of aryl methyl sites for hydroxylation is 1. The van der Waals surface area contributed by atoms with Gasteiger partial charge in [0.15, 0.2) is 0 Å². The van der Waals surface area contributed by atoms with Crippen LogP contribution in [-0.2, 0) is 13.0 Å². The fraction of sp³-hybridized carbons (Fsp3) is 0.267. The number of carbonyl (C=O) groups is 1. The molecule has 1 saturated carbocycles. The van der Waals surface area contributed by atoms with Gasteiger partial charge in [0.05, 0.1) is 40.9 Å². The Labute approximate surface area is 224 Å². The van der Waals surface area contributed by atoms with Crippen molar-refractivity contribution >= 4 is 39.3 Å². The maximum absolute atomic E-state index is 13.0. The zero-order chi connectivity index (χ0) is 26.7. The highest BCUT2D eigenvalue weighted by atomic mass is 16.3. The predicted octanol–water partition coefficient (Wildman–Crippen LogP) is 3.64. The van der Waals surface area contributed by atoms with Crippen LogP contribution in [0.15, 0.2) is 73.2 Å². The number of nitrogens with two attached hydrogens (primary N) is 1. The van der Waals surface area contributed by atoms with E-state index in [0.29, 0.717) is 30.0 Å². The van der Waals surface area contributed by atoms with E-state index in [1.807, 2.05) is 59.3 Å². The molecule has 1 fully saturated rings. The average molecular weight is 521 g/mol. The highest BCUT2D eigenvalue weighted by Crippen LogP contribution is 2.40. The van der Waals surface area contributed by atoms with E-state index in [1.54, 1.807) is 4.90 Å². The van der Waals surface area contributed by atoms with Crippen molar-refractivity contribution in [3.8, 4) is 0 Å². The number of amides is 1. The molecule has 2 aliphatic rings. The van der Waals surface area contributed by atoms with Crippen LogP contribution in [0.5, 0.6) is 0 Å². The predicted molar refractivity (Wildman–Crippen MR) is 148 cm³/mol. The molecule has 0 unspecified atom stereocenters. The zero-order valence-electron chi connectivity index (χ0n) is 21.2. The lowest BCUT2D eigenvalue weighted by Gasteiger charge is -2.19. The van der Waals surface area contributed by atoms with Crippen molar-refractivity contribution in [2.24, 2.45) is 5.92 Å². The van der Waals surface area contributed by atoms with Crippen LogP contribution in [0.4, 0.5) is 11.5 Å². The molecule has 4 atom stereocenters. The molecule has 9 heteroatoms. The summed E-state index contributed by atoms with van der Waals surface area (Å²) in [5, 5.41) is 23.4. The van der Waals surface area contributed by atoms with E-state index in [4.69, 9.17) is 10.7 Å². The van der Waals surface area contributed by atoms with Crippen LogP contribution in [0.1, 0.15) is 40.5 Å². The van der Waals surface area contributed by atoms with Gasteiger partial charge in [-0.15, -0.1) is 0 Å². The SMILES string of the molecule is Nc1ncnc2c1ccn2[C@@H]1C[C@H](CCc2ccc3cc4c(nc3c2)CN(c2ccccc2)C4=O)[C@@H](O)[C@H]1O. The summed E-state index contributed by atoms with van der Waals surface area (Å²) < 4.78 is 1.90. The monoisotopic (exact) mass is 520 g/mol. The van der Waals surface area contributed by atoms with Crippen molar-refractivity contribution in [3.05, 3.63) is 90.0 Å². The molecule has 0 spiro atoms. The standard InChI is InChI=1S/C30H28N6O3/c31-28-21-10-11-35(29(21)33-16-32-28)25-14-19(26(37)27(25)38)9-7-17-6-8-18-13-22-24(34-23(18)12-17)15-36(30(22)39)20-4-2-1-3-5-20/h1-6,8,10-13,16,19,25-27,37-38H,7,9,14-15H2,(H2,31,32,33)/t19-,25+,26+,27-/m0/s1. The Morgan fingerprint density at radius 1 is 1.00 bits per heavy atom. The van der Waals surface area contributed by atoms with Crippen LogP contribution in [0.25, 0.3) is 21.9 Å². The number of aromatic nitrogens is 4. The molecule has 5 aromatic rings. The smallest absolute Gasteiger partial charge is 0.260 e. The van der Waals surface area contributed by atoms with E-state index in [9.17, 15) is 15.0 Å². The Balaban J connectivity index is 1.08. The molecule has 1 aliphatic carbocycles. The third-order valence-electron chi connectivity index (χ3n) is 8.28. The minimum atomic E-state index is -0.896. The van der Waals surface area contributed by atoms with E-state index >= 15 is 0 Å². The molecular formula is C30H28N6O3. The molecule has 2 aromatic carbocycles. The minimum absolute atomic E-state index is 0.0253. The van der Waals surface area contributed by atoms with E-state index in [0.717, 1.165) is 46.1 Å². The lowest BCUT2D eigenvalue weighted by Crippen LogP contribution is -2.29.